The van der Waals surface area contributed by atoms with Crippen LogP contribution in [0.3, 0.4) is 0 Å². The Kier molecular flexibility index (Phi) is 7.92. The standard InChI is InChI=1S/C27H30N2O5S/c1-4-34-27(31)18-10-12-19(13-11-18)29-25(30)24-20-7-5-6-8-23(20)35-26(24)28-16-17-9-14-21(32-2)22(15-17)33-3/h9-15,28H,4-8,16H2,1-3H3,(H,29,30). The highest BCUT2D eigenvalue weighted by Crippen LogP contribution is 2.39. The zero-order valence-corrected chi connectivity index (χ0v) is 21.1. The van der Waals surface area contributed by atoms with Crippen LogP contribution in [0.5, 0.6) is 11.5 Å². The average molecular weight is 495 g/mol. The fourth-order valence-corrected chi connectivity index (χ4v) is 5.48. The number of aryl methyl sites for hydroxylation is 1. The highest BCUT2D eigenvalue weighted by Gasteiger charge is 2.25. The van der Waals surface area contributed by atoms with Crippen LogP contribution in [0.15, 0.2) is 42.5 Å². The van der Waals surface area contributed by atoms with E-state index in [9.17, 15) is 9.59 Å². The van der Waals surface area contributed by atoms with Crippen molar-refractivity contribution in [1.29, 1.82) is 0 Å². The summed E-state index contributed by atoms with van der Waals surface area (Å²) in [6.07, 6.45) is 4.10. The van der Waals surface area contributed by atoms with Crippen molar-refractivity contribution in [3.05, 3.63) is 69.6 Å². The smallest absolute Gasteiger partial charge is 0.338 e. The number of thiophene rings is 1. The number of carbonyl (C=O) groups excluding carboxylic acids is 2. The summed E-state index contributed by atoms with van der Waals surface area (Å²) in [5.41, 5.74) is 3.95. The number of benzene rings is 2. The van der Waals surface area contributed by atoms with Crippen molar-refractivity contribution in [1.82, 2.24) is 0 Å². The SMILES string of the molecule is CCOC(=O)c1ccc(NC(=O)c2c(NCc3ccc(OC)c(OC)c3)sc3c2CCCC3)cc1. The minimum atomic E-state index is -0.376. The Bertz CT molecular complexity index is 1200. The zero-order chi connectivity index (χ0) is 24.8. The first-order valence-electron chi connectivity index (χ1n) is 11.7. The summed E-state index contributed by atoms with van der Waals surface area (Å²) in [7, 11) is 3.23. The molecule has 0 radical (unpaired) electrons. The van der Waals surface area contributed by atoms with Crippen LogP contribution in [-0.2, 0) is 24.1 Å². The summed E-state index contributed by atoms with van der Waals surface area (Å²) in [5.74, 6) is 0.820. The van der Waals surface area contributed by atoms with Crippen molar-refractivity contribution in [3.8, 4) is 11.5 Å². The molecular weight excluding hydrogens is 464 g/mol. The van der Waals surface area contributed by atoms with E-state index in [0.29, 0.717) is 41.5 Å². The predicted octanol–water partition coefficient (Wildman–Crippen LogP) is 5.69. The number of esters is 1. The fourth-order valence-electron chi connectivity index (χ4n) is 4.20. The van der Waals surface area contributed by atoms with Gasteiger partial charge in [0.2, 0.25) is 0 Å². The van der Waals surface area contributed by atoms with E-state index in [4.69, 9.17) is 14.2 Å². The van der Waals surface area contributed by atoms with Crippen molar-refractivity contribution in [2.24, 2.45) is 0 Å². The summed E-state index contributed by atoms with van der Waals surface area (Å²) >= 11 is 1.66. The van der Waals surface area contributed by atoms with Crippen molar-refractivity contribution in [3.63, 3.8) is 0 Å². The van der Waals surface area contributed by atoms with Crippen molar-refractivity contribution in [2.45, 2.75) is 39.2 Å². The van der Waals surface area contributed by atoms with Crippen LogP contribution in [0, 0.1) is 0 Å². The second kappa shape index (κ2) is 11.3. The van der Waals surface area contributed by atoms with E-state index >= 15 is 0 Å². The fraction of sp³-hybridized carbons (Fsp3) is 0.333. The summed E-state index contributed by atoms with van der Waals surface area (Å²) < 4.78 is 15.8. The number of hydrogen-bond acceptors (Lipinski definition) is 7. The van der Waals surface area contributed by atoms with Gasteiger partial charge in [-0.25, -0.2) is 4.79 Å². The maximum Gasteiger partial charge on any atom is 0.338 e. The molecule has 0 atom stereocenters. The largest absolute Gasteiger partial charge is 0.493 e. The third-order valence-corrected chi connectivity index (χ3v) is 7.20. The van der Waals surface area contributed by atoms with Gasteiger partial charge in [0.25, 0.3) is 5.91 Å². The zero-order valence-electron chi connectivity index (χ0n) is 20.2. The Balaban J connectivity index is 1.54. The second-order valence-electron chi connectivity index (χ2n) is 8.21. The molecule has 7 nitrogen and oxygen atoms in total. The van der Waals surface area contributed by atoms with Gasteiger partial charge in [-0.15, -0.1) is 11.3 Å². The molecule has 2 aromatic carbocycles. The lowest BCUT2D eigenvalue weighted by molar-refractivity contribution is 0.0526. The summed E-state index contributed by atoms with van der Waals surface area (Å²) in [4.78, 5) is 26.6. The number of carbonyl (C=O) groups is 2. The van der Waals surface area contributed by atoms with Crippen LogP contribution in [0.2, 0.25) is 0 Å². The maximum atomic E-state index is 13.4. The molecule has 1 aromatic heterocycles. The molecule has 0 bridgehead atoms. The van der Waals surface area contributed by atoms with E-state index in [0.717, 1.165) is 41.8 Å². The van der Waals surface area contributed by atoms with Gasteiger partial charge in [-0.2, -0.15) is 0 Å². The van der Waals surface area contributed by atoms with Crippen molar-refractivity contribution >= 4 is 33.9 Å². The van der Waals surface area contributed by atoms with Crippen LogP contribution in [0.4, 0.5) is 10.7 Å². The minimum absolute atomic E-state index is 0.150. The molecule has 1 amide bonds. The lowest BCUT2D eigenvalue weighted by atomic mass is 9.95. The lowest BCUT2D eigenvalue weighted by Gasteiger charge is -2.14. The number of fused-ring (bicyclic) bond motifs is 1. The second-order valence-corrected chi connectivity index (χ2v) is 9.32. The van der Waals surface area contributed by atoms with Gasteiger partial charge in [0.15, 0.2) is 11.5 Å². The highest BCUT2D eigenvalue weighted by atomic mass is 32.1. The average Bonchev–Trinajstić information content (AvgIpc) is 3.26. The van der Waals surface area contributed by atoms with Crippen molar-refractivity contribution < 1.29 is 23.8 Å². The van der Waals surface area contributed by atoms with E-state index in [2.05, 4.69) is 10.6 Å². The molecule has 1 aliphatic rings. The third-order valence-electron chi connectivity index (χ3n) is 5.95. The number of amides is 1. The highest BCUT2D eigenvalue weighted by molar-refractivity contribution is 7.16. The molecule has 0 saturated heterocycles. The molecule has 3 aromatic rings. The Morgan fingerprint density at radius 3 is 2.43 bits per heavy atom. The first-order chi connectivity index (χ1) is 17.0. The predicted molar refractivity (Wildman–Crippen MR) is 138 cm³/mol. The van der Waals surface area contributed by atoms with Gasteiger partial charge in [0.1, 0.15) is 5.00 Å². The Hall–Kier alpha value is -3.52. The van der Waals surface area contributed by atoms with Gasteiger partial charge in [0.05, 0.1) is 32.0 Å². The Labute approximate surface area is 209 Å². The normalized spacial score (nSPS) is 12.4. The van der Waals surface area contributed by atoms with Crippen LogP contribution >= 0.6 is 11.3 Å². The number of nitrogens with one attached hydrogen (secondary N) is 2. The van der Waals surface area contributed by atoms with Crippen LogP contribution in [0.25, 0.3) is 0 Å². The van der Waals surface area contributed by atoms with Crippen molar-refractivity contribution in [2.75, 3.05) is 31.5 Å². The number of methoxy groups -OCH3 is 2. The van der Waals surface area contributed by atoms with Gasteiger partial charge in [0, 0.05) is 17.1 Å². The quantitative estimate of drug-likeness (QED) is 0.372. The molecule has 1 aliphatic carbocycles. The van der Waals surface area contributed by atoms with E-state index in [1.165, 1.54) is 4.88 Å². The first kappa shape index (κ1) is 24.6. The number of rotatable bonds is 9. The number of hydrogen-bond donors (Lipinski definition) is 2. The van der Waals surface area contributed by atoms with E-state index in [1.807, 2.05) is 18.2 Å². The van der Waals surface area contributed by atoms with Crippen LogP contribution in [-0.4, -0.2) is 32.7 Å². The lowest BCUT2D eigenvalue weighted by Crippen LogP contribution is -2.16. The molecule has 0 saturated carbocycles. The monoisotopic (exact) mass is 494 g/mol. The third kappa shape index (κ3) is 5.59. The molecule has 4 rings (SSSR count). The summed E-state index contributed by atoms with van der Waals surface area (Å²) in [5, 5.41) is 7.35. The Morgan fingerprint density at radius 1 is 0.971 bits per heavy atom. The topological polar surface area (TPSA) is 85.9 Å². The minimum Gasteiger partial charge on any atom is -0.493 e. The van der Waals surface area contributed by atoms with Crippen LogP contribution < -0.4 is 20.1 Å². The van der Waals surface area contributed by atoms with Crippen LogP contribution in [0.1, 0.15) is 56.5 Å². The van der Waals surface area contributed by atoms with E-state index in [-0.39, 0.29) is 11.9 Å². The molecule has 1 heterocycles. The molecule has 0 unspecified atom stereocenters. The molecule has 0 spiro atoms. The van der Waals surface area contributed by atoms with E-state index < -0.39 is 0 Å². The molecule has 0 aliphatic heterocycles. The van der Waals surface area contributed by atoms with Gasteiger partial charge < -0.3 is 24.8 Å². The Morgan fingerprint density at radius 2 is 1.71 bits per heavy atom. The first-order valence-corrected chi connectivity index (χ1v) is 12.5. The van der Waals surface area contributed by atoms with Gasteiger partial charge in [-0.05, 0) is 80.1 Å². The number of ether oxygens (including phenoxy) is 3. The van der Waals surface area contributed by atoms with Gasteiger partial charge >= 0.3 is 5.97 Å². The summed E-state index contributed by atoms with van der Waals surface area (Å²) in [6.45, 7) is 2.64. The van der Waals surface area contributed by atoms with Gasteiger partial charge in [-0.3, -0.25) is 4.79 Å². The molecule has 0 fully saturated rings. The molecule has 184 valence electrons. The number of anilines is 2. The van der Waals surface area contributed by atoms with Gasteiger partial charge in [-0.1, -0.05) is 6.07 Å². The molecule has 8 heteroatoms. The van der Waals surface area contributed by atoms with E-state index in [1.54, 1.807) is 56.7 Å². The molecule has 35 heavy (non-hydrogen) atoms. The molecule has 2 N–H and O–H groups in total. The molecular formula is C27H30N2O5S. The summed E-state index contributed by atoms with van der Waals surface area (Å²) in [6, 6.07) is 12.6. The maximum absolute atomic E-state index is 13.4.